The second-order valence-electron chi connectivity index (χ2n) is 5.89. The molecular formula is C22H28N2O3. The van der Waals surface area contributed by atoms with Gasteiger partial charge in [-0.1, -0.05) is 6.07 Å². The maximum Gasteiger partial charge on any atom is 0.248 e. The number of hydrogen-bond acceptors (Lipinski definition) is 4. The van der Waals surface area contributed by atoms with E-state index in [1.54, 1.807) is 13.2 Å². The molecule has 2 aromatic rings. The van der Waals surface area contributed by atoms with E-state index in [1.807, 2.05) is 49.4 Å². The molecule has 2 aromatic carbocycles. The summed E-state index contributed by atoms with van der Waals surface area (Å²) >= 11 is 0. The number of hydrogen-bond donors (Lipinski definition) is 1. The van der Waals surface area contributed by atoms with Crippen molar-refractivity contribution in [1.82, 2.24) is 0 Å². The molecule has 0 aliphatic rings. The van der Waals surface area contributed by atoms with Crippen LogP contribution in [-0.4, -0.2) is 32.7 Å². The fourth-order valence-corrected chi connectivity index (χ4v) is 2.76. The second-order valence-corrected chi connectivity index (χ2v) is 5.89. The molecule has 0 bridgehead atoms. The van der Waals surface area contributed by atoms with Crippen molar-refractivity contribution in [2.24, 2.45) is 0 Å². The third-order valence-corrected chi connectivity index (χ3v) is 4.18. The van der Waals surface area contributed by atoms with Gasteiger partial charge in [0.15, 0.2) is 11.5 Å². The van der Waals surface area contributed by atoms with Crippen molar-refractivity contribution in [3.05, 3.63) is 54.1 Å². The normalized spacial score (nSPS) is 10.7. The van der Waals surface area contributed by atoms with Crippen molar-refractivity contribution >= 4 is 23.4 Å². The van der Waals surface area contributed by atoms with E-state index in [2.05, 4.69) is 24.1 Å². The van der Waals surface area contributed by atoms with Gasteiger partial charge in [0.05, 0.1) is 13.7 Å². The standard InChI is InChI=1S/C22H28N2O3/c1-5-24(6-2)19-12-10-18(11-13-19)23-22(25)15-9-17-8-14-20(27-7-3)21(16-17)26-4/h8-16H,5-7H2,1-4H3,(H,23,25)/b15-9+. The molecule has 5 heteroatoms. The number of methoxy groups -OCH3 is 1. The van der Waals surface area contributed by atoms with Crippen LogP contribution in [0.15, 0.2) is 48.5 Å². The Hall–Kier alpha value is -2.95. The van der Waals surface area contributed by atoms with Gasteiger partial charge in [0.1, 0.15) is 0 Å². The lowest BCUT2D eigenvalue weighted by atomic mass is 10.2. The van der Waals surface area contributed by atoms with Gasteiger partial charge in [0.2, 0.25) is 5.91 Å². The van der Waals surface area contributed by atoms with Crippen LogP contribution in [0.1, 0.15) is 26.3 Å². The van der Waals surface area contributed by atoms with E-state index in [-0.39, 0.29) is 5.91 Å². The first kappa shape index (κ1) is 20.4. The summed E-state index contributed by atoms with van der Waals surface area (Å²) < 4.78 is 10.8. The molecule has 1 amide bonds. The molecule has 0 aliphatic heterocycles. The first-order valence-corrected chi connectivity index (χ1v) is 9.26. The van der Waals surface area contributed by atoms with Gasteiger partial charge in [0.25, 0.3) is 0 Å². The van der Waals surface area contributed by atoms with Crippen LogP contribution >= 0.6 is 0 Å². The molecule has 0 unspecified atom stereocenters. The molecule has 144 valence electrons. The number of nitrogens with zero attached hydrogens (tertiary/aromatic N) is 1. The average Bonchev–Trinajstić information content (AvgIpc) is 2.69. The van der Waals surface area contributed by atoms with E-state index in [9.17, 15) is 4.79 Å². The zero-order chi connectivity index (χ0) is 19.6. The second kappa shape index (κ2) is 10.3. The molecule has 0 atom stereocenters. The smallest absolute Gasteiger partial charge is 0.248 e. The number of carbonyl (C=O) groups excluding carboxylic acids is 1. The van der Waals surface area contributed by atoms with Crippen molar-refractivity contribution in [2.75, 3.05) is 37.0 Å². The van der Waals surface area contributed by atoms with Crippen LogP contribution in [0.2, 0.25) is 0 Å². The van der Waals surface area contributed by atoms with Gasteiger partial charge in [-0.2, -0.15) is 0 Å². The molecule has 0 spiro atoms. The van der Waals surface area contributed by atoms with Gasteiger partial charge in [-0.15, -0.1) is 0 Å². The number of ether oxygens (including phenoxy) is 2. The van der Waals surface area contributed by atoms with Crippen molar-refractivity contribution < 1.29 is 14.3 Å². The summed E-state index contributed by atoms with van der Waals surface area (Å²) in [7, 11) is 1.60. The van der Waals surface area contributed by atoms with Crippen molar-refractivity contribution in [3.8, 4) is 11.5 Å². The van der Waals surface area contributed by atoms with Gasteiger partial charge in [-0.3, -0.25) is 4.79 Å². The maximum atomic E-state index is 12.2. The zero-order valence-corrected chi connectivity index (χ0v) is 16.5. The van der Waals surface area contributed by atoms with Crippen LogP contribution < -0.4 is 19.7 Å². The van der Waals surface area contributed by atoms with Crippen LogP contribution in [0.5, 0.6) is 11.5 Å². The van der Waals surface area contributed by atoms with E-state index < -0.39 is 0 Å². The number of carbonyl (C=O) groups is 1. The molecule has 0 aliphatic carbocycles. The zero-order valence-electron chi connectivity index (χ0n) is 16.5. The largest absolute Gasteiger partial charge is 0.493 e. The Morgan fingerprint density at radius 1 is 1.04 bits per heavy atom. The van der Waals surface area contributed by atoms with Crippen LogP contribution in [0, 0.1) is 0 Å². The molecule has 2 rings (SSSR count). The number of amides is 1. The minimum absolute atomic E-state index is 0.182. The van der Waals surface area contributed by atoms with Crippen LogP contribution in [0.3, 0.4) is 0 Å². The predicted octanol–water partition coefficient (Wildman–Crippen LogP) is 4.59. The van der Waals surface area contributed by atoms with E-state index in [0.717, 1.165) is 30.0 Å². The van der Waals surface area contributed by atoms with E-state index in [1.165, 1.54) is 6.08 Å². The van der Waals surface area contributed by atoms with Crippen molar-refractivity contribution in [3.63, 3.8) is 0 Å². The van der Waals surface area contributed by atoms with Gasteiger partial charge < -0.3 is 19.7 Å². The number of anilines is 2. The highest BCUT2D eigenvalue weighted by atomic mass is 16.5. The lowest BCUT2D eigenvalue weighted by molar-refractivity contribution is -0.111. The molecular weight excluding hydrogens is 340 g/mol. The fourth-order valence-electron chi connectivity index (χ4n) is 2.76. The lowest BCUT2D eigenvalue weighted by Gasteiger charge is -2.21. The first-order chi connectivity index (χ1) is 13.1. The molecule has 5 nitrogen and oxygen atoms in total. The number of rotatable bonds is 9. The predicted molar refractivity (Wildman–Crippen MR) is 112 cm³/mol. The Bertz CT molecular complexity index is 766. The van der Waals surface area contributed by atoms with Crippen LogP contribution in [0.4, 0.5) is 11.4 Å². The molecule has 0 saturated heterocycles. The Balaban J connectivity index is 2.00. The molecule has 0 aromatic heterocycles. The minimum atomic E-state index is -0.182. The highest BCUT2D eigenvalue weighted by molar-refractivity contribution is 6.02. The number of nitrogens with one attached hydrogen (secondary N) is 1. The third kappa shape index (κ3) is 5.78. The SMILES string of the molecule is CCOc1ccc(/C=C/C(=O)Nc2ccc(N(CC)CC)cc2)cc1OC. The summed E-state index contributed by atoms with van der Waals surface area (Å²) in [6, 6.07) is 13.4. The van der Waals surface area contributed by atoms with Gasteiger partial charge in [-0.25, -0.2) is 0 Å². The molecule has 1 N–H and O–H groups in total. The molecule has 0 fully saturated rings. The summed E-state index contributed by atoms with van der Waals surface area (Å²) in [6.45, 7) is 8.65. The quantitative estimate of drug-likeness (QED) is 0.658. The van der Waals surface area contributed by atoms with Crippen LogP contribution in [-0.2, 0) is 4.79 Å². The molecule has 0 heterocycles. The van der Waals surface area contributed by atoms with Gasteiger partial charge in [-0.05, 0) is 68.8 Å². The Morgan fingerprint density at radius 3 is 2.33 bits per heavy atom. The van der Waals surface area contributed by atoms with Gasteiger partial charge in [0, 0.05) is 30.5 Å². The molecule has 0 saturated carbocycles. The van der Waals surface area contributed by atoms with Crippen molar-refractivity contribution in [2.45, 2.75) is 20.8 Å². The topological polar surface area (TPSA) is 50.8 Å². The number of benzene rings is 2. The first-order valence-electron chi connectivity index (χ1n) is 9.26. The monoisotopic (exact) mass is 368 g/mol. The highest BCUT2D eigenvalue weighted by Gasteiger charge is 2.05. The Morgan fingerprint density at radius 2 is 1.74 bits per heavy atom. The summed E-state index contributed by atoms with van der Waals surface area (Å²) in [5.41, 5.74) is 2.78. The third-order valence-electron chi connectivity index (χ3n) is 4.18. The van der Waals surface area contributed by atoms with E-state index in [0.29, 0.717) is 18.1 Å². The summed E-state index contributed by atoms with van der Waals surface area (Å²) in [4.78, 5) is 14.4. The summed E-state index contributed by atoms with van der Waals surface area (Å²) in [6.07, 6.45) is 3.26. The van der Waals surface area contributed by atoms with Gasteiger partial charge >= 0.3 is 0 Å². The summed E-state index contributed by atoms with van der Waals surface area (Å²) in [5, 5.41) is 2.87. The highest BCUT2D eigenvalue weighted by Crippen LogP contribution is 2.28. The Kier molecular flexibility index (Phi) is 7.74. The maximum absolute atomic E-state index is 12.2. The molecule has 0 radical (unpaired) electrons. The minimum Gasteiger partial charge on any atom is -0.493 e. The van der Waals surface area contributed by atoms with E-state index in [4.69, 9.17) is 9.47 Å². The Labute approximate surface area is 161 Å². The van der Waals surface area contributed by atoms with Crippen LogP contribution in [0.25, 0.3) is 6.08 Å². The lowest BCUT2D eigenvalue weighted by Crippen LogP contribution is -2.21. The average molecular weight is 368 g/mol. The van der Waals surface area contributed by atoms with E-state index >= 15 is 0 Å². The fraction of sp³-hybridized carbons (Fsp3) is 0.318. The summed E-state index contributed by atoms with van der Waals surface area (Å²) in [5.74, 6) is 1.15. The molecule has 27 heavy (non-hydrogen) atoms. The van der Waals surface area contributed by atoms with Crippen molar-refractivity contribution in [1.29, 1.82) is 0 Å².